The highest BCUT2D eigenvalue weighted by Gasteiger charge is 2.40. The van der Waals surface area contributed by atoms with Crippen LogP contribution in [-0.4, -0.2) is 24.3 Å². The van der Waals surface area contributed by atoms with Crippen molar-refractivity contribution >= 4 is 0 Å². The maximum absolute atomic E-state index is 6.57. The van der Waals surface area contributed by atoms with Crippen molar-refractivity contribution in [3.63, 3.8) is 0 Å². The van der Waals surface area contributed by atoms with Crippen LogP contribution in [0.25, 0.3) is 0 Å². The Morgan fingerprint density at radius 1 is 1.30 bits per heavy atom. The van der Waals surface area contributed by atoms with Gasteiger partial charge in [0.15, 0.2) is 0 Å². The van der Waals surface area contributed by atoms with Crippen molar-refractivity contribution in [2.24, 2.45) is 5.73 Å². The molecule has 1 fully saturated rings. The van der Waals surface area contributed by atoms with Gasteiger partial charge in [0, 0.05) is 12.8 Å². The third kappa shape index (κ3) is 3.13. The molecule has 0 amide bonds. The van der Waals surface area contributed by atoms with Gasteiger partial charge in [-0.05, 0) is 31.9 Å². The van der Waals surface area contributed by atoms with E-state index in [4.69, 9.17) is 15.2 Å². The first-order valence-corrected chi connectivity index (χ1v) is 7.62. The van der Waals surface area contributed by atoms with Gasteiger partial charge in [-0.1, -0.05) is 25.7 Å². The van der Waals surface area contributed by atoms with E-state index in [1.165, 1.54) is 25.7 Å². The molecule has 0 radical (unpaired) electrons. The minimum absolute atomic E-state index is 0.239. The Morgan fingerprint density at radius 2 is 2.00 bits per heavy atom. The number of methoxy groups -OCH3 is 1. The molecule has 0 aliphatic heterocycles. The summed E-state index contributed by atoms with van der Waals surface area (Å²) in [6, 6.07) is 3.55. The number of pyridine rings is 1. The number of hydrogen-bond acceptors (Lipinski definition) is 4. The SMILES string of the molecule is CCOC1(C(N)c2ncccc2OC)CCCCCC1. The molecule has 2 rings (SSSR count). The lowest BCUT2D eigenvalue weighted by molar-refractivity contribution is -0.0707. The molecule has 0 bridgehead atoms. The van der Waals surface area contributed by atoms with Crippen LogP contribution in [0.5, 0.6) is 5.75 Å². The zero-order valence-corrected chi connectivity index (χ0v) is 12.6. The Hall–Kier alpha value is -1.13. The van der Waals surface area contributed by atoms with Gasteiger partial charge in [0.2, 0.25) is 0 Å². The summed E-state index contributed by atoms with van der Waals surface area (Å²) in [5.41, 5.74) is 7.08. The van der Waals surface area contributed by atoms with E-state index in [1.807, 2.05) is 19.1 Å². The topological polar surface area (TPSA) is 57.4 Å². The molecule has 1 aliphatic rings. The Balaban J connectivity index is 2.32. The molecule has 1 aromatic rings. The molecule has 1 atom stereocenters. The monoisotopic (exact) mass is 278 g/mol. The van der Waals surface area contributed by atoms with Gasteiger partial charge in [-0.15, -0.1) is 0 Å². The van der Waals surface area contributed by atoms with Crippen molar-refractivity contribution in [3.05, 3.63) is 24.0 Å². The van der Waals surface area contributed by atoms with Crippen LogP contribution in [0.1, 0.15) is 57.2 Å². The average Bonchev–Trinajstić information content (AvgIpc) is 2.73. The van der Waals surface area contributed by atoms with Gasteiger partial charge in [0.05, 0.1) is 18.8 Å². The van der Waals surface area contributed by atoms with E-state index in [-0.39, 0.29) is 11.6 Å². The molecular formula is C16H26N2O2. The molecule has 4 nitrogen and oxygen atoms in total. The number of aromatic nitrogens is 1. The molecule has 0 saturated heterocycles. The molecule has 1 saturated carbocycles. The number of hydrogen-bond donors (Lipinski definition) is 1. The molecule has 0 spiro atoms. The lowest BCUT2D eigenvalue weighted by Gasteiger charge is -2.38. The largest absolute Gasteiger partial charge is 0.495 e. The van der Waals surface area contributed by atoms with Crippen molar-refractivity contribution in [1.29, 1.82) is 0 Å². The zero-order chi connectivity index (χ0) is 14.4. The molecular weight excluding hydrogens is 252 g/mol. The van der Waals surface area contributed by atoms with Crippen LogP contribution in [-0.2, 0) is 4.74 Å². The van der Waals surface area contributed by atoms with Crippen LogP contribution in [0.3, 0.4) is 0 Å². The summed E-state index contributed by atoms with van der Waals surface area (Å²) in [7, 11) is 1.66. The summed E-state index contributed by atoms with van der Waals surface area (Å²) in [6.45, 7) is 2.72. The van der Waals surface area contributed by atoms with E-state index in [0.717, 1.165) is 24.3 Å². The quantitative estimate of drug-likeness (QED) is 0.840. The van der Waals surface area contributed by atoms with Crippen LogP contribution >= 0.6 is 0 Å². The highest BCUT2D eigenvalue weighted by Crippen LogP contribution is 2.40. The van der Waals surface area contributed by atoms with Crippen LogP contribution in [0.2, 0.25) is 0 Å². The fourth-order valence-electron chi connectivity index (χ4n) is 3.22. The first-order chi connectivity index (χ1) is 9.73. The molecule has 112 valence electrons. The molecule has 1 unspecified atom stereocenters. The zero-order valence-electron chi connectivity index (χ0n) is 12.6. The van der Waals surface area contributed by atoms with E-state index >= 15 is 0 Å². The van der Waals surface area contributed by atoms with Crippen molar-refractivity contribution < 1.29 is 9.47 Å². The van der Waals surface area contributed by atoms with Crippen molar-refractivity contribution in [2.45, 2.75) is 57.1 Å². The molecule has 2 N–H and O–H groups in total. The Labute approximate surface area is 121 Å². The highest BCUT2D eigenvalue weighted by molar-refractivity contribution is 5.31. The van der Waals surface area contributed by atoms with E-state index in [1.54, 1.807) is 13.3 Å². The Morgan fingerprint density at radius 3 is 2.60 bits per heavy atom. The number of nitrogens with two attached hydrogens (primary N) is 1. The minimum atomic E-state index is -0.299. The second-order valence-electron chi connectivity index (χ2n) is 5.48. The van der Waals surface area contributed by atoms with Crippen LogP contribution in [0.15, 0.2) is 18.3 Å². The number of ether oxygens (including phenoxy) is 2. The van der Waals surface area contributed by atoms with Crippen LogP contribution < -0.4 is 10.5 Å². The third-order valence-corrected chi connectivity index (χ3v) is 4.26. The van der Waals surface area contributed by atoms with Gasteiger partial charge in [-0.25, -0.2) is 0 Å². The van der Waals surface area contributed by atoms with Gasteiger partial charge in [-0.3, -0.25) is 4.98 Å². The second-order valence-corrected chi connectivity index (χ2v) is 5.48. The normalized spacial score (nSPS) is 20.1. The summed E-state index contributed by atoms with van der Waals surface area (Å²) in [5, 5.41) is 0. The molecule has 1 aliphatic carbocycles. The lowest BCUT2D eigenvalue weighted by atomic mass is 9.84. The highest BCUT2D eigenvalue weighted by atomic mass is 16.5. The summed E-state index contributed by atoms with van der Waals surface area (Å²) in [6.07, 6.45) is 8.64. The molecule has 0 aromatic carbocycles. The van der Waals surface area contributed by atoms with Crippen LogP contribution in [0, 0.1) is 0 Å². The first kappa shape index (κ1) is 15.3. The maximum Gasteiger partial charge on any atom is 0.142 e. The number of nitrogens with zero attached hydrogens (tertiary/aromatic N) is 1. The van der Waals surface area contributed by atoms with Gasteiger partial charge >= 0.3 is 0 Å². The van der Waals surface area contributed by atoms with Crippen molar-refractivity contribution in [3.8, 4) is 5.75 Å². The Bertz CT molecular complexity index is 415. The fraction of sp³-hybridized carbons (Fsp3) is 0.688. The Kier molecular flexibility index (Phi) is 5.38. The average molecular weight is 278 g/mol. The maximum atomic E-state index is 6.57. The standard InChI is InChI=1S/C16H26N2O2/c1-3-20-16(10-6-4-5-7-11-16)15(17)14-13(19-2)9-8-12-18-14/h8-9,12,15H,3-7,10-11,17H2,1-2H3. The van der Waals surface area contributed by atoms with Crippen LogP contribution in [0.4, 0.5) is 0 Å². The van der Waals surface area contributed by atoms with Crippen molar-refractivity contribution in [1.82, 2.24) is 4.98 Å². The fourth-order valence-corrected chi connectivity index (χ4v) is 3.22. The summed E-state index contributed by atoms with van der Waals surface area (Å²) >= 11 is 0. The van der Waals surface area contributed by atoms with Gasteiger partial charge in [-0.2, -0.15) is 0 Å². The summed E-state index contributed by atoms with van der Waals surface area (Å²) in [5.74, 6) is 0.753. The van der Waals surface area contributed by atoms with E-state index in [2.05, 4.69) is 4.98 Å². The lowest BCUT2D eigenvalue weighted by Crippen LogP contribution is -2.44. The molecule has 20 heavy (non-hydrogen) atoms. The predicted octanol–water partition coefficient (Wildman–Crippen LogP) is 3.22. The molecule has 1 aromatic heterocycles. The first-order valence-electron chi connectivity index (χ1n) is 7.62. The van der Waals surface area contributed by atoms with E-state index < -0.39 is 0 Å². The van der Waals surface area contributed by atoms with Gasteiger partial charge in [0.1, 0.15) is 11.4 Å². The van der Waals surface area contributed by atoms with E-state index in [0.29, 0.717) is 6.61 Å². The number of rotatable bonds is 5. The van der Waals surface area contributed by atoms with Crippen molar-refractivity contribution in [2.75, 3.05) is 13.7 Å². The predicted molar refractivity (Wildman–Crippen MR) is 79.8 cm³/mol. The van der Waals surface area contributed by atoms with Gasteiger partial charge in [0.25, 0.3) is 0 Å². The molecule has 1 heterocycles. The second kappa shape index (κ2) is 7.04. The minimum Gasteiger partial charge on any atom is -0.495 e. The smallest absolute Gasteiger partial charge is 0.142 e. The summed E-state index contributed by atoms with van der Waals surface area (Å²) in [4.78, 5) is 4.45. The third-order valence-electron chi connectivity index (χ3n) is 4.26. The van der Waals surface area contributed by atoms with Gasteiger partial charge < -0.3 is 15.2 Å². The van der Waals surface area contributed by atoms with E-state index in [9.17, 15) is 0 Å². The molecule has 4 heteroatoms. The summed E-state index contributed by atoms with van der Waals surface area (Å²) < 4.78 is 11.6.